The molecule has 1 rings (SSSR count). The summed E-state index contributed by atoms with van der Waals surface area (Å²) >= 11 is 0. The number of nitrogens with zero attached hydrogens (tertiary/aromatic N) is 1. The van der Waals surface area contributed by atoms with E-state index in [9.17, 15) is 0 Å². The number of hydrogen-bond donors (Lipinski definition) is 1. The summed E-state index contributed by atoms with van der Waals surface area (Å²) in [6.45, 7) is 10.9. The van der Waals surface area contributed by atoms with E-state index in [0.717, 1.165) is 26.2 Å². The lowest BCUT2D eigenvalue weighted by molar-refractivity contribution is 0.127. The van der Waals surface area contributed by atoms with Gasteiger partial charge in [0.15, 0.2) is 0 Å². The van der Waals surface area contributed by atoms with Gasteiger partial charge in [0.25, 0.3) is 0 Å². The maximum absolute atomic E-state index is 5.12. The monoisotopic (exact) mass is 200 g/mol. The smallest absolute Gasteiger partial charge is 0.0589 e. The molecule has 1 unspecified atom stereocenters. The second kappa shape index (κ2) is 5.10. The molecule has 1 aliphatic rings. The number of rotatable bonds is 5. The molecule has 0 saturated carbocycles. The van der Waals surface area contributed by atoms with Crippen LogP contribution in [0.15, 0.2) is 0 Å². The number of hydrogen-bond acceptors (Lipinski definition) is 3. The van der Waals surface area contributed by atoms with Crippen molar-refractivity contribution in [3.05, 3.63) is 0 Å². The summed E-state index contributed by atoms with van der Waals surface area (Å²) < 4.78 is 5.12. The maximum Gasteiger partial charge on any atom is 0.0589 e. The molecule has 1 aliphatic heterocycles. The molecule has 84 valence electrons. The molecular formula is C11H24N2O. The second-order valence-electron chi connectivity index (χ2n) is 4.74. The van der Waals surface area contributed by atoms with Crippen molar-refractivity contribution in [1.29, 1.82) is 0 Å². The van der Waals surface area contributed by atoms with Crippen LogP contribution in [0.2, 0.25) is 0 Å². The topological polar surface area (TPSA) is 24.5 Å². The molecule has 1 atom stereocenters. The fourth-order valence-electron chi connectivity index (χ4n) is 2.19. The summed E-state index contributed by atoms with van der Waals surface area (Å²) in [5.41, 5.74) is 0.311. The lowest BCUT2D eigenvalue weighted by Crippen LogP contribution is -2.38. The van der Waals surface area contributed by atoms with Crippen LogP contribution in [0.1, 0.15) is 27.2 Å². The largest absolute Gasteiger partial charge is 0.383 e. The molecule has 1 saturated heterocycles. The van der Waals surface area contributed by atoms with Crippen LogP contribution in [0.3, 0.4) is 0 Å². The van der Waals surface area contributed by atoms with E-state index in [1.54, 1.807) is 7.11 Å². The van der Waals surface area contributed by atoms with Crippen LogP contribution in [0, 0.1) is 0 Å². The Labute approximate surface area is 87.8 Å². The first kappa shape index (κ1) is 12.0. The highest BCUT2D eigenvalue weighted by Crippen LogP contribution is 2.21. The van der Waals surface area contributed by atoms with Crippen molar-refractivity contribution in [2.24, 2.45) is 0 Å². The van der Waals surface area contributed by atoms with E-state index >= 15 is 0 Å². The van der Waals surface area contributed by atoms with Crippen LogP contribution in [0.4, 0.5) is 0 Å². The first-order valence-corrected chi connectivity index (χ1v) is 5.57. The van der Waals surface area contributed by atoms with E-state index in [-0.39, 0.29) is 0 Å². The standard InChI is InChI=1S/C11H24N2O/c1-5-13(6-7-14-4)10-8-11(2,3)12-9-10/h10,12H,5-9H2,1-4H3. The van der Waals surface area contributed by atoms with Crippen LogP contribution in [-0.4, -0.2) is 49.8 Å². The molecule has 0 spiro atoms. The fourth-order valence-corrected chi connectivity index (χ4v) is 2.19. The SMILES string of the molecule is CCN(CCOC)C1CNC(C)(C)C1. The van der Waals surface area contributed by atoms with Gasteiger partial charge in [-0.3, -0.25) is 4.90 Å². The Hall–Kier alpha value is -0.120. The zero-order chi connectivity index (χ0) is 10.6. The van der Waals surface area contributed by atoms with Crippen molar-refractivity contribution in [3.63, 3.8) is 0 Å². The summed E-state index contributed by atoms with van der Waals surface area (Å²) in [5.74, 6) is 0. The zero-order valence-corrected chi connectivity index (χ0v) is 9.97. The molecule has 1 fully saturated rings. The third-order valence-corrected chi connectivity index (χ3v) is 3.07. The maximum atomic E-state index is 5.12. The van der Waals surface area contributed by atoms with Gasteiger partial charge in [0.2, 0.25) is 0 Å². The van der Waals surface area contributed by atoms with Crippen LogP contribution in [-0.2, 0) is 4.74 Å². The van der Waals surface area contributed by atoms with E-state index < -0.39 is 0 Å². The molecule has 0 aromatic rings. The molecule has 1 heterocycles. The fraction of sp³-hybridized carbons (Fsp3) is 1.00. The van der Waals surface area contributed by atoms with E-state index in [4.69, 9.17) is 4.74 Å². The van der Waals surface area contributed by atoms with Gasteiger partial charge in [-0.1, -0.05) is 6.92 Å². The predicted molar refractivity (Wildman–Crippen MR) is 59.6 cm³/mol. The Bertz CT molecular complexity index is 171. The molecule has 1 N–H and O–H groups in total. The quantitative estimate of drug-likeness (QED) is 0.719. The summed E-state index contributed by atoms with van der Waals surface area (Å²) in [4.78, 5) is 2.51. The summed E-state index contributed by atoms with van der Waals surface area (Å²) in [6.07, 6.45) is 1.24. The lowest BCUT2D eigenvalue weighted by Gasteiger charge is -2.27. The van der Waals surface area contributed by atoms with Crippen molar-refractivity contribution >= 4 is 0 Å². The molecule has 0 aromatic carbocycles. The Morgan fingerprint density at radius 1 is 1.50 bits per heavy atom. The molecule has 0 aromatic heterocycles. The number of ether oxygens (including phenoxy) is 1. The van der Waals surface area contributed by atoms with Gasteiger partial charge in [-0.15, -0.1) is 0 Å². The predicted octanol–water partition coefficient (Wildman–Crippen LogP) is 1.10. The molecular weight excluding hydrogens is 176 g/mol. The summed E-state index contributed by atoms with van der Waals surface area (Å²) in [5, 5.41) is 3.55. The second-order valence-corrected chi connectivity index (χ2v) is 4.74. The highest BCUT2D eigenvalue weighted by atomic mass is 16.5. The van der Waals surface area contributed by atoms with Gasteiger partial charge >= 0.3 is 0 Å². The van der Waals surface area contributed by atoms with Gasteiger partial charge in [-0.2, -0.15) is 0 Å². The first-order valence-electron chi connectivity index (χ1n) is 5.57. The van der Waals surface area contributed by atoms with Gasteiger partial charge in [0, 0.05) is 31.8 Å². The minimum Gasteiger partial charge on any atom is -0.383 e. The molecule has 0 amide bonds. The minimum absolute atomic E-state index is 0.311. The van der Waals surface area contributed by atoms with Gasteiger partial charge < -0.3 is 10.1 Å². The molecule has 0 aliphatic carbocycles. The van der Waals surface area contributed by atoms with Crippen molar-refractivity contribution in [2.75, 3.05) is 33.4 Å². The molecule has 3 nitrogen and oxygen atoms in total. The van der Waals surface area contributed by atoms with E-state index in [0.29, 0.717) is 11.6 Å². The Balaban J connectivity index is 2.38. The third kappa shape index (κ3) is 3.23. The first-order chi connectivity index (χ1) is 6.59. The lowest BCUT2D eigenvalue weighted by atomic mass is 10.0. The average molecular weight is 200 g/mol. The molecule has 0 radical (unpaired) electrons. The highest BCUT2D eigenvalue weighted by Gasteiger charge is 2.32. The van der Waals surface area contributed by atoms with Crippen LogP contribution < -0.4 is 5.32 Å². The summed E-state index contributed by atoms with van der Waals surface area (Å²) in [7, 11) is 1.77. The zero-order valence-electron chi connectivity index (χ0n) is 9.97. The Morgan fingerprint density at radius 2 is 2.21 bits per heavy atom. The van der Waals surface area contributed by atoms with Crippen molar-refractivity contribution < 1.29 is 4.74 Å². The van der Waals surface area contributed by atoms with Gasteiger partial charge in [0.1, 0.15) is 0 Å². The van der Waals surface area contributed by atoms with E-state index in [1.165, 1.54) is 6.42 Å². The van der Waals surface area contributed by atoms with Gasteiger partial charge in [0.05, 0.1) is 6.61 Å². The van der Waals surface area contributed by atoms with Crippen LogP contribution in [0.5, 0.6) is 0 Å². The van der Waals surface area contributed by atoms with Crippen molar-refractivity contribution in [3.8, 4) is 0 Å². The van der Waals surface area contributed by atoms with Gasteiger partial charge in [-0.05, 0) is 26.8 Å². The van der Waals surface area contributed by atoms with E-state index in [1.807, 2.05) is 0 Å². The Morgan fingerprint density at radius 3 is 2.64 bits per heavy atom. The highest BCUT2D eigenvalue weighted by molar-refractivity contribution is 4.94. The number of likely N-dealkylation sites (N-methyl/N-ethyl adjacent to an activating group) is 1. The van der Waals surface area contributed by atoms with Crippen molar-refractivity contribution in [1.82, 2.24) is 10.2 Å². The Kier molecular flexibility index (Phi) is 4.35. The minimum atomic E-state index is 0.311. The average Bonchev–Trinajstić information content (AvgIpc) is 2.48. The molecule has 0 bridgehead atoms. The van der Waals surface area contributed by atoms with Crippen molar-refractivity contribution in [2.45, 2.75) is 38.8 Å². The number of nitrogens with one attached hydrogen (secondary N) is 1. The number of methoxy groups -OCH3 is 1. The van der Waals surface area contributed by atoms with Gasteiger partial charge in [-0.25, -0.2) is 0 Å². The normalized spacial score (nSPS) is 25.9. The molecule has 3 heteroatoms. The molecule has 14 heavy (non-hydrogen) atoms. The van der Waals surface area contributed by atoms with E-state index in [2.05, 4.69) is 31.0 Å². The van der Waals surface area contributed by atoms with Crippen LogP contribution in [0.25, 0.3) is 0 Å². The van der Waals surface area contributed by atoms with Crippen LogP contribution >= 0.6 is 0 Å². The summed E-state index contributed by atoms with van der Waals surface area (Å²) in [6, 6.07) is 0.685. The third-order valence-electron chi connectivity index (χ3n) is 3.07.